The molecule has 0 amide bonds. The highest BCUT2D eigenvalue weighted by molar-refractivity contribution is 14.0. The molecule has 0 aliphatic carbocycles. The first-order valence-electron chi connectivity index (χ1n) is 8.36. The van der Waals surface area contributed by atoms with Crippen LogP contribution in [0.1, 0.15) is 27.2 Å². The van der Waals surface area contributed by atoms with Crippen molar-refractivity contribution in [3.63, 3.8) is 0 Å². The lowest BCUT2D eigenvalue weighted by Crippen LogP contribution is -2.46. The first-order valence-corrected chi connectivity index (χ1v) is 10.4. The molecule has 1 heterocycles. The molecular weight excluding hydrogens is 443 g/mol. The number of halogens is 1. The second-order valence-electron chi connectivity index (χ2n) is 6.18. The number of nitrogens with one attached hydrogen (secondary N) is 2. The molecule has 2 atom stereocenters. The minimum Gasteiger partial charge on any atom is -0.379 e. The van der Waals surface area contributed by atoms with Crippen molar-refractivity contribution in [2.75, 3.05) is 51.4 Å². The second-order valence-corrected chi connectivity index (χ2v) is 8.44. The van der Waals surface area contributed by atoms with E-state index in [9.17, 15) is 8.42 Å². The van der Waals surface area contributed by atoms with Crippen molar-refractivity contribution in [3.8, 4) is 0 Å². The zero-order chi connectivity index (χ0) is 17.3. The number of ether oxygens (including phenoxy) is 1. The van der Waals surface area contributed by atoms with Gasteiger partial charge in [0, 0.05) is 38.0 Å². The molecule has 1 saturated heterocycles. The SMILES string of the molecule is CCNC(=NCC(C)N1CCOCC1)NC(C)CCS(C)(=O)=O.I. The molecule has 0 aromatic heterocycles. The number of aliphatic imine (C=N–C) groups is 1. The monoisotopic (exact) mass is 476 g/mol. The van der Waals surface area contributed by atoms with Gasteiger partial charge in [-0.15, -0.1) is 24.0 Å². The quantitative estimate of drug-likeness (QED) is 0.305. The smallest absolute Gasteiger partial charge is 0.191 e. The lowest BCUT2D eigenvalue weighted by atomic mass is 10.2. The van der Waals surface area contributed by atoms with Crippen molar-refractivity contribution in [2.24, 2.45) is 4.99 Å². The van der Waals surface area contributed by atoms with Crippen molar-refractivity contribution in [2.45, 2.75) is 39.3 Å². The number of rotatable bonds is 8. The molecule has 7 nitrogen and oxygen atoms in total. The minimum absolute atomic E-state index is 0. The molecular formula is C15H33IN4O3S. The predicted octanol–water partition coefficient (Wildman–Crippen LogP) is 0.703. The second kappa shape index (κ2) is 12.3. The number of hydrogen-bond donors (Lipinski definition) is 2. The Labute approximate surface area is 163 Å². The van der Waals surface area contributed by atoms with Gasteiger partial charge in [0.05, 0.1) is 25.5 Å². The van der Waals surface area contributed by atoms with E-state index < -0.39 is 9.84 Å². The van der Waals surface area contributed by atoms with Gasteiger partial charge in [0.2, 0.25) is 0 Å². The maximum atomic E-state index is 11.2. The predicted molar refractivity (Wildman–Crippen MR) is 110 cm³/mol. The molecule has 0 radical (unpaired) electrons. The Morgan fingerprint density at radius 1 is 1.29 bits per heavy atom. The lowest BCUT2D eigenvalue weighted by Gasteiger charge is -2.31. The fourth-order valence-electron chi connectivity index (χ4n) is 2.37. The average Bonchev–Trinajstić information content (AvgIpc) is 2.51. The topological polar surface area (TPSA) is 83.0 Å². The highest BCUT2D eigenvalue weighted by Crippen LogP contribution is 2.04. The molecule has 1 aliphatic rings. The van der Waals surface area contributed by atoms with Crippen LogP contribution in [-0.4, -0.2) is 82.8 Å². The number of hydrogen-bond acceptors (Lipinski definition) is 5. The van der Waals surface area contributed by atoms with Crippen LogP contribution in [0, 0.1) is 0 Å². The summed E-state index contributed by atoms with van der Waals surface area (Å²) < 4.78 is 27.9. The van der Waals surface area contributed by atoms with E-state index in [-0.39, 0.29) is 35.8 Å². The number of nitrogens with zero attached hydrogens (tertiary/aromatic N) is 2. The summed E-state index contributed by atoms with van der Waals surface area (Å²) in [6.45, 7) is 11.1. The van der Waals surface area contributed by atoms with Crippen LogP contribution < -0.4 is 10.6 Å². The van der Waals surface area contributed by atoms with E-state index in [1.165, 1.54) is 6.26 Å². The van der Waals surface area contributed by atoms with E-state index in [2.05, 4.69) is 27.4 Å². The zero-order valence-corrected chi connectivity index (χ0v) is 18.4. The third-order valence-corrected chi connectivity index (χ3v) is 4.81. The zero-order valence-electron chi connectivity index (χ0n) is 15.2. The van der Waals surface area contributed by atoms with Crippen LogP contribution in [0.25, 0.3) is 0 Å². The summed E-state index contributed by atoms with van der Waals surface area (Å²) in [5.41, 5.74) is 0. The van der Waals surface area contributed by atoms with Crippen molar-refractivity contribution >= 4 is 39.8 Å². The molecule has 0 saturated carbocycles. The standard InChI is InChI=1S/C15H32N4O3S.HI/c1-5-16-15(18-13(2)6-11-23(4,20)21)17-12-14(3)19-7-9-22-10-8-19;/h13-14H,5-12H2,1-4H3,(H2,16,17,18);1H. The van der Waals surface area contributed by atoms with Crippen molar-refractivity contribution in [1.82, 2.24) is 15.5 Å². The van der Waals surface area contributed by atoms with Crippen LogP contribution in [0.15, 0.2) is 4.99 Å². The molecule has 0 aromatic carbocycles. The third kappa shape index (κ3) is 10.7. The Morgan fingerprint density at radius 3 is 2.46 bits per heavy atom. The van der Waals surface area contributed by atoms with Crippen molar-refractivity contribution in [1.29, 1.82) is 0 Å². The van der Waals surface area contributed by atoms with E-state index in [1.54, 1.807) is 0 Å². The maximum absolute atomic E-state index is 11.2. The highest BCUT2D eigenvalue weighted by Gasteiger charge is 2.17. The van der Waals surface area contributed by atoms with E-state index >= 15 is 0 Å². The van der Waals surface area contributed by atoms with Crippen LogP contribution in [0.3, 0.4) is 0 Å². The molecule has 2 N–H and O–H groups in total. The van der Waals surface area contributed by atoms with Gasteiger partial charge in [-0.05, 0) is 27.2 Å². The van der Waals surface area contributed by atoms with Gasteiger partial charge in [-0.3, -0.25) is 9.89 Å². The Hall–Kier alpha value is -0.130. The van der Waals surface area contributed by atoms with Gasteiger partial charge in [0.15, 0.2) is 5.96 Å². The first-order chi connectivity index (χ1) is 10.8. The van der Waals surface area contributed by atoms with Crippen LogP contribution in [0.4, 0.5) is 0 Å². The fraction of sp³-hybridized carbons (Fsp3) is 0.933. The van der Waals surface area contributed by atoms with Gasteiger partial charge < -0.3 is 15.4 Å². The molecule has 9 heteroatoms. The van der Waals surface area contributed by atoms with Gasteiger partial charge in [-0.25, -0.2) is 8.42 Å². The van der Waals surface area contributed by atoms with Crippen molar-refractivity contribution < 1.29 is 13.2 Å². The van der Waals surface area contributed by atoms with Crippen LogP contribution in [0.2, 0.25) is 0 Å². The number of sulfone groups is 1. The molecule has 1 aliphatic heterocycles. The van der Waals surface area contributed by atoms with E-state index in [0.717, 1.165) is 38.8 Å². The van der Waals surface area contributed by atoms with E-state index in [1.807, 2.05) is 13.8 Å². The molecule has 1 rings (SSSR count). The number of guanidine groups is 1. The highest BCUT2D eigenvalue weighted by atomic mass is 127. The summed E-state index contributed by atoms with van der Waals surface area (Å²) in [7, 11) is -2.93. The Balaban J connectivity index is 0.00000529. The van der Waals surface area contributed by atoms with E-state index in [0.29, 0.717) is 19.0 Å². The Bertz CT molecular complexity index is 467. The first kappa shape index (κ1) is 23.9. The Kier molecular flexibility index (Phi) is 12.2. The van der Waals surface area contributed by atoms with Gasteiger partial charge in [0.1, 0.15) is 9.84 Å². The molecule has 2 unspecified atom stereocenters. The van der Waals surface area contributed by atoms with Gasteiger partial charge >= 0.3 is 0 Å². The summed E-state index contributed by atoms with van der Waals surface area (Å²) in [5, 5.41) is 6.50. The fourth-order valence-corrected chi connectivity index (χ4v) is 3.16. The molecule has 1 fully saturated rings. The molecule has 0 aromatic rings. The van der Waals surface area contributed by atoms with Gasteiger partial charge in [-0.1, -0.05) is 0 Å². The summed E-state index contributed by atoms with van der Waals surface area (Å²) in [6, 6.07) is 0.418. The maximum Gasteiger partial charge on any atom is 0.191 e. The summed E-state index contributed by atoms with van der Waals surface area (Å²) in [5.74, 6) is 0.929. The van der Waals surface area contributed by atoms with Crippen LogP contribution in [0.5, 0.6) is 0 Å². The van der Waals surface area contributed by atoms with Gasteiger partial charge in [0.25, 0.3) is 0 Å². The van der Waals surface area contributed by atoms with Crippen LogP contribution in [-0.2, 0) is 14.6 Å². The summed E-state index contributed by atoms with van der Waals surface area (Å²) in [6.07, 6.45) is 1.84. The van der Waals surface area contributed by atoms with Crippen molar-refractivity contribution in [3.05, 3.63) is 0 Å². The normalized spacial score (nSPS) is 19.2. The third-order valence-electron chi connectivity index (χ3n) is 3.83. The lowest BCUT2D eigenvalue weighted by molar-refractivity contribution is 0.0220. The molecule has 0 bridgehead atoms. The summed E-state index contributed by atoms with van der Waals surface area (Å²) in [4.78, 5) is 7.01. The molecule has 0 spiro atoms. The minimum atomic E-state index is -2.93. The average molecular weight is 476 g/mol. The largest absolute Gasteiger partial charge is 0.379 e. The molecule has 144 valence electrons. The number of morpholine rings is 1. The van der Waals surface area contributed by atoms with Gasteiger partial charge in [-0.2, -0.15) is 0 Å². The molecule has 24 heavy (non-hydrogen) atoms. The van der Waals surface area contributed by atoms with Crippen LogP contribution >= 0.6 is 24.0 Å². The summed E-state index contributed by atoms with van der Waals surface area (Å²) >= 11 is 0. The Morgan fingerprint density at radius 2 is 1.92 bits per heavy atom. The van der Waals surface area contributed by atoms with E-state index in [4.69, 9.17) is 4.74 Å².